The summed E-state index contributed by atoms with van der Waals surface area (Å²) in [5.41, 5.74) is 0.448. The van der Waals surface area contributed by atoms with Crippen LogP contribution < -0.4 is 4.74 Å². The van der Waals surface area contributed by atoms with Gasteiger partial charge in [-0.1, -0.05) is 11.6 Å². The van der Waals surface area contributed by atoms with E-state index in [1.807, 2.05) is 5.38 Å². The number of aromatic nitrogens is 1. The van der Waals surface area contributed by atoms with Gasteiger partial charge in [-0.2, -0.15) is 0 Å². The summed E-state index contributed by atoms with van der Waals surface area (Å²) in [7, 11) is 0. The van der Waals surface area contributed by atoms with Crippen molar-refractivity contribution in [1.29, 1.82) is 0 Å². The van der Waals surface area contributed by atoms with Crippen molar-refractivity contribution in [3.05, 3.63) is 45.4 Å². The number of halogens is 1. The fourth-order valence-electron chi connectivity index (χ4n) is 1.21. The smallest absolute Gasteiger partial charge is 0.153 e. The van der Waals surface area contributed by atoms with E-state index in [2.05, 4.69) is 4.98 Å². The minimum Gasteiger partial charge on any atom is -0.486 e. The molecule has 82 valence electrons. The highest BCUT2D eigenvalue weighted by molar-refractivity contribution is 7.09. The number of hydrogen-bond donors (Lipinski definition) is 0. The molecule has 0 unspecified atom stereocenters. The topological polar surface area (TPSA) is 39.2 Å². The Morgan fingerprint density at radius 2 is 2.38 bits per heavy atom. The molecule has 1 aromatic carbocycles. The quantitative estimate of drug-likeness (QED) is 0.786. The SMILES string of the molecule is O=Cc1cc(Cl)ccc1OCc1nccs1. The first-order valence-corrected chi connectivity index (χ1v) is 5.81. The van der Waals surface area contributed by atoms with Gasteiger partial charge < -0.3 is 4.74 Å². The third kappa shape index (κ3) is 2.59. The number of hydrogen-bond acceptors (Lipinski definition) is 4. The molecule has 0 saturated heterocycles. The van der Waals surface area contributed by atoms with Crippen molar-refractivity contribution >= 4 is 29.2 Å². The Balaban J connectivity index is 2.12. The zero-order valence-electron chi connectivity index (χ0n) is 8.22. The van der Waals surface area contributed by atoms with Crippen molar-refractivity contribution in [2.75, 3.05) is 0 Å². The molecule has 0 radical (unpaired) electrons. The Hall–Kier alpha value is -1.39. The summed E-state index contributed by atoms with van der Waals surface area (Å²) in [5, 5.41) is 3.26. The molecule has 0 saturated carbocycles. The molecule has 0 fully saturated rings. The molecular weight excluding hydrogens is 246 g/mol. The van der Waals surface area contributed by atoms with Gasteiger partial charge in [0.1, 0.15) is 17.4 Å². The monoisotopic (exact) mass is 253 g/mol. The predicted octanol–water partition coefficient (Wildman–Crippen LogP) is 3.19. The van der Waals surface area contributed by atoms with E-state index in [1.165, 1.54) is 11.3 Å². The Morgan fingerprint density at radius 1 is 1.50 bits per heavy atom. The van der Waals surface area contributed by atoms with Crippen LogP contribution in [0.3, 0.4) is 0 Å². The Labute approximate surface area is 102 Å². The van der Waals surface area contributed by atoms with Crippen LogP contribution >= 0.6 is 22.9 Å². The van der Waals surface area contributed by atoms with E-state index in [0.29, 0.717) is 22.9 Å². The lowest BCUT2D eigenvalue weighted by Crippen LogP contribution is -1.97. The van der Waals surface area contributed by atoms with Crippen molar-refractivity contribution in [3.8, 4) is 5.75 Å². The summed E-state index contributed by atoms with van der Waals surface area (Å²) in [6.45, 7) is 0.361. The number of nitrogens with zero attached hydrogens (tertiary/aromatic N) is 1. The number of aldehydes is 1. The van der Waals surface area contributed by atoms with Gasteiger partial charge in [-0.05, 0) is 18.2 Å². The van der Waals surface area contributed by atoms with E-state index >= 15 is 0 Å². The van der Waals surface area contributed by atoms with E-state index in [-0.39, 0.29) is 0 Å². The summed E-state index contributed by atoms with van der Waals surface area (Å²) in [5.74, 6) is 0.523. The first-order valence-electron chi connectivity index (χ1n) is 4.55. The Kier molecular flexibility index (Phi) is 3.54. The molecule has 0 bridgehead atoms. The van der Waals surface area contributed by atoms with Crippen molar-refractivity contribution < 1.29 is 9.53 Å². The molecular formula is C11H8ClNO2S. The molecule has 2 rings (SSSR count). The summed E-state index contributed by atoms with van der Waals surface area (Å²) in [6, 6.07) is 4.94. The van der Waals surface area contributed by atoms with Gasteiger partial charge in [0.15, 0.2) is 6.29 Å². The van der Waals surface area contributed by atoms with Gasteiger partial charge in [-0.25, -0.2) is 4.98 Å². The second kappa shape index (κ2) is 5.09. The molecule has 0 aliphatic heterocycles. The summed E-state index contributed by atoms with van der Waals surface area (Å²) in [4.78, 5) is 14.9. The lowest BCUT2D eigenvalue weighted by molar-refractivity contribution is 0.111. The highest BCUT2D eigenvalue weighted by Crippen LogP contribution is 2.22. The van der Waals surface area contributed by atoms with Gasteiger partial charge in [0.25, 0.3) is 0 Å². The predicted molar refractivity (Wildman–Crippen MR) is 63.3 cm³/mol. The lowest BCUT2D eigenvalue weighted by atomic mass is 10.2. The number of benzene rings is 1. The van der Waals surface area contributed by atoms with Crippen LogP contribution in [0.15, 0.2) is 29.8 Å². The average molecular weight is 254 g/mol. The van der Waals surface area contributed by atoms with Crippen LogP contribution in [0.1, 0.15) is 15.4 Å². The second-order valence-corrected chi connectivity index (χ2v) is 4.43. The van der Waals surface area contributed by atoms with E-state index < -0.39 is 0 Å². The van der Waals surface area contributed by atoms with Gasteiger partial charge in [-0.15, -0.1) is 11.3 Å². The molecule has 2 aromatic rings. The zero-order valence-corrected chi connectivity index (χ0v) is 9.79. The van der Waals surface area contributed by atoms with E-state index in [9.17, 15) is 4.79 Å². The Morgan fingerprint density at radius 3 is 3.06 bits per heavy atom. The standard InChI is InChI=1S/C11H8ClNO2S/c12-9-1-2-10(8(5-9)6-14)15-7-11-13-3-4-16-11/h1-6H,7H2. The zero-order chi connectivity index (χ0) is 11.4. The average Bonchev–Trinajstić information content (AvgIpc) is 2.80. The number of carbonyl (C=O) groups is 1. The van der Waals surface area contributed by atoms with Crippen LogP contribution in [-0.4, -0.2) is 11.3 Å². The van der Waals surface area contributed by atoms with Gasteiger partial charge in [0.2, 0.25) is 0 Å². The van der Waals surface area contributed by atoms with Crippen LogP contribution in [0.2, 0.25) is 5.02 Å². The molecule has 1 aromatic heterocycles. The van der Waals surface area contributed by atoms with Crippen LogP contribution in [0.5, 0.6) is 5.75 Å². The second-order valence-electron chi connectivity index (χ2n) is 3.01. The maximum atomic E-state index is 10.8. The molecule has 5 heteroatoms. The first kappa shape index (κ1) is 11.1. The van der Waals surface area contributed by atoms with Gasteiger partial charge in [0.05, 0.1) is 5.56 Å². The number of ether oxygens (including phenoxy) is 1. The molecule has 0 spiro atoms. The van der Waals surface area contributed by atoms with Crippen molar-refractivity contribution in [1.82, 2.24) is 4.98 Å². The molecule has 16 heavy (non-hydrogen) atoms. The third-order valence-corrected chi connectivity index (χ3v) is 2.92. The first-order chi connectivity index (χ1) is 7.79. The largest absolute Gasteiger partial charge is 0.486 e. The molecule has 0 atom stereocenters. The van der Waals surface area contributed by atoms with Crippen molar-refractivity contribution in [3.63, 3.8) is 0 Å². The third-order valence-electron chi connectivity index (χ3n) is 1.93. The minimum absolute atomic E-state index is 0.361. The van der Waals surface area contributed by atoms with Crippen molar-refractivity contribution in [2.45, 2.75) is 6.61 Å². The highest BCUT2D eigenvalue weighted by atomic mass is 35.5. The van der Waals surface area contributed by atoms with Crippen LogP contribution in [0, 0.1) is 0 Å². The van der Waals surface area contributed by atoms with Crippen LogP contribution in [0.4, 0.5) is 0 Å². The highest BCUT2D eigenvalue weighted by Gasteiger charge is 2.04. The molecule has 0 aliphatic carbocycles. The summed E-state index contributed by atoms with van der Waals surface area (Å²) < 4.78 is 5.49. The van der Waals surface area contributed by atoms with Gasteiger partial charge >= 0.3 is 0 Å². The van der Waals surface area contributed by atoms with Crippen LogP contribution in [-0.2, 0) is 6.61 Å². The number of thiazole rings is 1. The maximum absolute atomic E-state index is 10.8. The summed E-state index contributed by atoms with van der Waals surface area (Å²) in [6.07, 6.45) is 2.44. The molecule has 0 amide bonds. The Bertz CT molecular complexity index is 485. The van der Waals surface area contributed by atoms with Gasteiger partial charge in [0, 0.05) is 16.6 Å². The molecule has 0 N–H and O–H groups in total. The number of rotatable bonds is 4. The molecule has 3 nitrogen and oxygen atoms in total. The number of carbonyl (C=O) groups excluding carboxylic acids is 1. The minimum atomic E-state index is 0.361. The maximum Gasteiger partial charge on any atom is 0.153 e. The van der Waals surface area contributed by atoms with Crippen LogP contribution in [0.25, 0.3) is 0 Å². The fraction of sp³-hybridized carbons (Fsp3) is 0.0909. The fourth-order valence-corrected chi connectivity index (χ4v) is 1.91. The lowest BCUT2D eigenvalue weighted by Gasteiger charge is -2.06. The molecule has 1 heterocycles. The molecule has 0 aliphatic rings. The van der Waals surface area contributed by atoms with Gasteiger partial charge in [-0.3, -0.25) is 4.79 Å². The summed E-state index contributed by atoms with van der Waals surface area (Å²) >= 11 is 7.28. The normalized spacial score (nSPS) is 10.1. The van der Waals surface area contributed by atoms with E-state index in [4.69, 9.17) is 16.3 Å². The van der Waals surface area contributed by atoms with E-state index in [0.717, 1.165) is 11.3 Å². The van der Waals surface area contributed by atoms with Crippen molar-refractivity contribution in [2.24, 2.45) is 0 Å². The van der Waals surface area contributed by atoms with E-state index in [1.54, 1.807) is 24.4 Å².